The number of ether oxygens (including phenoxy) is 2. The van der Waals surface area contributed by atoms with Gasteiger partial charge in [0.25, 0.3) is 11.1 Å². The molecule has 0 radical (unpaired) electrons. The van der Waals surface area contributed by atoms with E-state index < -0.39 is 0 Å². The predicted octanol–water partition coefficient (Wildman–Crippen LogP) is 5.14. The van der Waals surface area contributed by atoms with E-state index in [0.717, 1.165) is 33.1 Å². The van der Waals surface area contributed by atoms with E-state index in [2.05, 4.69) is 10.1 Å². The lowest BCUT2D eigenvalue weighted by molar-refractivity contribution is -0.123. The van der Waals surface area contributed by atoms with Crippen molar-refractivity contribution < 1.29 is 23.6 Å². The third kappa shape index (κ3) is 4.13. The number of imide groups is 1. The van der Waals surface area contributed by atoms with E-state index in [9.17, 15) is 9.59 Å². The first-order chi connectivity index (χ1) is 16.6. The first-order valence-electron chi connectivity index (χ1n) is 10.3. The zero-order chi connectivity index (χ0) is 23.7. The van der Waals surface area contributed by atoms with Gasteiger partial charge in [-0.15, -0.1) is 0 Å². The molecular weight excluding hydrogens is 454 g/mol. The molecule has 0 N–H and O–H groups in total. The molecule has 0 unspecified atom stereocenters. The van der Waals surface area contributed by atoms with Crippen molar-refractivity contribution in [1.82, 2.24) is 15.0 Å². The van der Waals surface area contributed by atoms with Gasteiger partial charge < -0.3 is 14.0 Å². The van der Waals surface area contributed by atoms with Gasteiger partial charge in [0.15, 0.2) is 5.76 Å². The highest BCUT2D eigenvalue weighted by atomic mass is 32.2. The maximum Gasteiger partial charge on any atom is 0.293 e. The minimum atomic E-state index is -0.372. The minimum Gasteiger partial charge on any atom is -0.497 e. The van der Waals surface area contributed by atoms with Crippen LogP contribution in [-0.2, 0) is 11.3 Å². The molecule has 2 aromatic heterocycles. The van der Waals surface area contributed by atoms with Gasteiger partial charge in [0.2, 0.25) is 0 Å². The molecule has 2 amide bonds. The zero-order valence-electron chi connectivity index (χ0n) is 18.3. The van der Waals surface area contributed by atoms with Gasteiger partial charge in [-0.2, -0.15) is 0 Å². The normalized spacial score (nSPS) is 14.9. The largest absolute Gasteiger partial charge is 0.497 e. The second-order valence-corrected chi connectivity index (χ2v) is 8.46. The standard InChI is InChI=1S/C25H19N3O5S/c1-31-18-9-16(10-19(13-18)32-2)22-12-17(27-33-22)14-28-24(29)23(34-25(28)30)11-15-7-8-26-21-6-4-3-5-20(15)21/h3-13H,14H2,1-2H3/b23-11-. The van der Waals surface area contributed by atoms with Crippen LogP contribution < -0.4 is 9.47 Å². The number of para-hydroxylation sites is 1. The number of aromatic nitrogens is 2. The Kier molecular flexibility index (Phi) is 5.77. The number of pyridine rings is 1. The fourth-order valence-electron chi connectivity index (χ4n) is 3.66. The van der Waals surface area contributed by atoms with E-state index in [1.54, 1.807) is 50.8 Å². The zero-order valence-corrected chi connectivity index (χ0v) is 19.2. The van der Waals surface area contributed by atoms with E-state index in [1.165, 1.54) is 0 Å². The number of hydrogen-bond donors (Lipinski definition) is 0. The van der Waals surface area contributed by atoms with Crippen molar-refractivity contribution in [2.45, 2.75) is 6.54 Å². The molecule has 34 heavy (non-hydrogen) atoms. The molecule has 0 bridgehead atoms. The van der Waals surface area contributed by atoms with Gasteiger partial charge in [0.1, 0.15) is 17.2 Å². The van der Waals surface area contributed by atoms with Crippen LogP contribution in [0.15, 0.2) is 70.2 Å². The predicted molar refractivity (Wildman–Crippen MR) is 128 cm³/mol. The molecule has 1 saturated heterocycles. The lowest BCUT2D eigenvalue weighted by Crippen LogP contribution is -2.27. The van der Waals surface area contributed by atoms with Crippen LogP contribution in [0, 0.1) is 0 Å². The summed E-state index contributed by atoms with van der Waals surface area (Å²) in [5.74, 6) is 1.31. The van der Waals surface area contributed by atoms with Gasteiger partial charge >= 0.3 is 0 Å². The Balaban J connectivity index is 1.38. The molecule has 1 fully saturated rings. The molecule has 2 aromatic carbocycles. The summed E-state index contributed by atoms with van der Waals surface area (Å²) in [7, 11) is 3.12. The molecule has 3 heterocycles. The maximum absolute atomic E-state index is 13.0. The first kappa shape index (κ1) is 21.7. The molecular formula is C25H19N3O5S. The summed E-state index contributed by atoms with van der Waals surface area (Å²) in [6, 6.07) is 16.5. The van der Waals surface area contributed by atoms with Crippen LogP contribution >= 0.6 is 11.8 Å². The van der Waals surface area contributed by atoms with Crippen LogP contribution in [0.25, 0.3) is 28.3 Å². The number of fused-ring (bicyclic) bond motifs is 1. The summed E-state index contributed by atoms with van der Waals surface area (Å²) in [6.45, 7) is 0.00367. The quantitative estimate of drug-likeness (QED) is 0.355. The lowest BCUT2D eigenvalue weighted by atomic mass is 10.1. The highest BCUT2D eigenvalue weighted by molar-refractivity contribution is 8.18. The van der Waals surface area contributed by atoms with Crippen molar-refractivity contribution >= 4 is 39.9 Å². The number of amides is 2. The number of rotatable bonds is 6. The lowest BCUT2D eigenvalue weighted by Gasteiger charge is -2.09. The average Bonchev–Trinajstić information content (AvgIpc) is 3.44. The van der Waals surface area contributed by atoms with Crippen LogP contribution in [0.2, 0.25) is 0 Å². The topological polar surface area (TPSA) is 94.8 Å². The van der Waals surface area contributed by atoms with E-state index >= 15 is 0 Å². The molecule has 170 valence electrons. The highest BCUT2D eigenvalue weighted by Gasteiger charge is 2.35. The van der Waals surface area contributed by atoms with Crippen LogP contribution in [0.3, 0.4) is 0 Å². The minimum absolute atomic E-state index is 0.00367. The van der Waals surface area contributed by atoms with Gasteiger partial charge in [-0.25, -0.2) is 0 Å². The number of benzene rings is 2. The van der Waals surface area contributed by atoms with Crippen molar-refractivity contribution in [1.29, 1.82) is 0 Å². The molecule has 1 aliphatic heterocycles. The van der Waals surface area contributed by atoms with Crippen molar-refractivity contribution in [3.8, 4) is 22.8 Å². The molecule has 0 aliphatic carbocycles. The smallest absolute Gasteiger partial charge is 0.293 e. The van der Waals surface area contributed by atoms with Gasteiger partial charge in [-0.3, -0.25) is 19.5 Å². The third-order valence-corrected chi connectivity index (χ3v) is 6.27. The Morgan fingerprint density at radius 3 is 2.56 bits per heavy atom. The first-order valence-corrected chi connectivity index (χ1v) is 11.2. The maximum atomic E-state index is 13.0. The van der Waals surface area contributed by atoms with Gasteiger partial charge in [-0.05, 0) is 47.7 Å². The Bertz CT molecular complexity index is 1420. The number of hydrogen-bond acceptors (Lipinski definition) is 8. The van der Waals surface area contributed by atoms with Gasteiger partial charge in [0, 0.05) is 29.3 Å². The number of nitrogens with zero attached hydrogens (tertiary/aromatic N) is 3. The molecule has 0 atom stereocenters. The summed E-state index contributed by atoms with van der Waals surface area (Å²) in [5, 5.41) is 4.60. The Morgan fingerprint density at radius 2 is 1.79 bits per heavy atom. The molecule has 5 rings (SSSR count). The SMILES string of the molecule is COc1cc(OC)cc(-c2cc(CN3C(=O)S/C(=C\c4ccnc5ccccc45)C3=O)no2)c1. The van der Waals surface area contributed by atoms with Crippen molar-refractivity contribution in [3.05, 3.63) is 77.0 Å². The van der Waals surface area contributed by atoms with E-state index in [-0.39, 0.29) is 17.7 Å². The van der Waals surface area contributed by atoms with Crippen LogP contribution in [0.5, 0.6) is 11.5 Å². The van der Waals surface area contributed by atoms with Crippen molar-refractivity contribution in [3.63, 3.8) is 0 Å². The van der Waals surface area contributed by atoms with Crippen LogP contribution in [0.1, 0.15) is 11.3 Å². The summed E-state index contributed by atoms with van der Waals surface area (Å²) in [4.78, 5) is 31.5. The van der Waals surface area contributed by atoms with E-state index in [0.29, 0.717) is 33.4 Å². The fourth-order valence-corrected chi connectivity index (χ4v) is 4.48. The van der Waals surface area contributed by atoms with E-state index in [1.807, 2.05) is 30.3 Å². The van der Waals surface area contributed by atoms with E-state index in [4.69, 9.17) is 14.0 Å². The Hall–Kier alpha value is -4.11. The van der Waals surface area contributed by atoms with Crippen LogP contribution in [-0.4, -0.2) is 40.4 Å². The number of carbonyl (C=O) groups is 2. The second kappa shape index (κ2) is 9.03. The monoisotopic (exact) mass is 473 g/mol. The summed E-state index contributed by atoms with van der Waals surface area (Å²) in [6.07, 6.45) is 3.41. The molecule has 9 heteroatoms. The third-order valence-electron chi connectivity index (χ3n) is 5.36. The Labute approximate surface area is 199 Å². The molecule has 1 aliphatic rings. The Morgan fingerprint density at radius 1 is 1.03 bits per heavy atom. The second-order valence-electron chi connectivity index (χ2n) is 7.47. The highest BCUT2D eigenvalue weighted by Crippen LogP contribution is 2.35. The average molecular weight is 474 g/mol. The summed E-state index contributed by atoms with van der Waals surface area (Å²) < 4.78 is 16.1. The molecule has 8 nitrogen and oxygen atoms in total. The number of carbonyl (C=O) groups excluding carboxylic acids is 2. The molecule has 0 saturated carbocycles. The number of thioether (sulfide) groups is 1. The molecule has 0 spiro atoms. The molecule has 4 aromatic rings. The van der Waals surface area contributed by atoms with Gasteiger partial charge in [-0.1, -0.05) is 23.4 Å². The summed E-state index contributed by atoms with van der Waals surface area (Å²) in [5.41, 5.74) is 2.80. The van der Waals surface area contributed by atoms with Gasteiger partial charge in [0.05, 0.1) is 31.2 Å². The number of methoxy groups -OCH3 is 2. The summed E-state index contributed by atoms with van der Waals surface area (Å²) >= 11 is 0.904. The van der Waals surface area contributed by atoms with Crippen molar-refractivity contribution in [2.75, 3.05) is 14.2 Å². The van der Waals surface area contributed by atoms with Crippen molar-refractivity contribution in [2.24, 2.45) is 0 Å². The van der Waals surface area contributed by atoms with Crippen LogP contribution in [0.4, 0.5) is 4.79 Å². The fraction of sp³-hybridized carbons (Fsp3) is 0.120.